The van der Waals surface area contributed by atoms with Gasteiger partial charge in [-0.05, 0) is 42.3 Å². The Kier molecular flexibility index (Phi) is 7.82. The van der Waals surface area contributed by atoms with Gasteiger partial charge in [0, 0.05) is 11.6 Å². The van der Waals surface area contributed by atoms with Gasteiger partial charge in [0.1, 0.15) is 21.8 Å². The van der Waals surface area contributed by atoms with Crippen LogP contribution in [0.25, 0.3) is 10.6 Å². The van der Waals surface area contributed by atoms with Crippen LogP contribution in [-0.2, 0) is 14.8 Å². The first-order chi connectivity index (χ1) is 16.0. The predicted octanol–water partition coefficient (Wildman–Crippen LogP) is 3.72. The third-order valence-electron chi connectivity index (χ3n) is 4.65. The van der Waals surface area contributed by atoms with Crippen molar-refractivity contribution in [3.05, 3.63) is 57.6 Å². The number of hydrogen-bond acceptors (Lipinski definition) is 9. The van der Waals surface area contributed by atoms with Crippen LogP contribution in [0.2, 0.25) is 5.02 Å². The molecule has 0 aliphatic rings. The number of aromatic nitrogens is 2. The fourth-order valence-corrected chi connectivity index (χ4v) is 5.14. The monoisotopic (exact) mass is 525 g/mol. The molecule has 0 saturated carbocycles. The van der Waals surface area contributed by atoms with Crippen LogP contribution in [0.3, 0.4) is 0 Å². The van der Waals surface area contributed by atoms with Gasteiger partial charge in [0.2, 0.25) is 21.1 Å². The molecule has 0 saturated heterocycles. The van der Waals surface area contributed by atoms with E-state index < -0.39 is 38.5 Å². The number of nitrogens with one attached hydrogen (secondary N) is 2. The lowest BCUT2D eigenvalue weighted by atomic mass is 10.1. The van der Waals surface area contributed by atoms with Gasteiger partial charge in [0.05, 0.1) is 16.9 Å². The van der Waals surface area contributed by atoms with Gasteiger partial charge in [-0.1, -0.05) is 36.8 Å². The summed E-state index contributed by atoms with van der Waals surface area (Å²) in [6.07, 6.45) is 0. The molecular formula is C20H20ClN5O6S2. The second-order valence-electron chi connectivity index (χ2n) is 7.34. The lowest BCUT2D eigenvalue weighted by molar-refractivity contribution is -0.384. The summed E-state index contributed by atoms with van der Waals surface area (Å²) in [5.41, 5.74) is 0.208. The number of carbonyl (C=O) groups excluding carboxylic acids is 1. The maximum atomic E-state index is 12.9. The molecule has 2 N–H and O–H groups in total. The Morgan fingerprint density at radius 2 is 1.85 bits per heavy atom. The maximum Gasteiger partial charge on any atom is 0.289 e. The Morgan fingerprint density at radius 3 is 2.44 bits per heavy atom. The minimum absolute atomic E-state index is 0.183. The fourth-order valence-electron chi connectivity index (χ4n) is 2.83. The first kappa shape index (κ1) is 25.5. The Labute approximate surface area is 204 Å². The zero-order valence-electron chi connectivity index (χ0n) is 18.2. The molecule has 0 aliphatic carbocycles. The quantitative estimate of drug-likeness (QED) is 0.316. The molecule has 34 heavy (non-hydrogen) atoms. The Balaban J connectivity index is 1.78. The average Bonchev–Trinajstić information content (AvgIpc) is 3.25. The summed E-state index contributed by atoms with van der Waals surface area (Å²) in [6, 6.07) is 9.00. The first-order valence-corrected chi connectivity index (χ1v) is 12.4. The molecule has 1 aromatic heterocycles. The average molecular weight is 526 g/mol. The molecule has 2 aromatic carbocycles. The van der Waals surface area contributed by atoms with E-state index in [9.17, 15) is 23.3 Å². The summed E-state index contributed by atoms with van der Waals surface area (Å²) < 4.78 is 33.1. The molecule has 14 heteroatoms. The van der Waals surface area contributed by atoms with Crippen LogP contribution in [-0.4, -0.2) is 42.6 Å². The summed E-state index contributed by atoms with van der Waals surface area (Å²) in [7, 11) is -2.72. The summed E-state index contributed by atoms with van der Waals surface area (Å²) in [5.74, 6) is -0.426. The molecule has 1 amide bonds. The highest BCUT2D eigenvalue weighted by Crippen LogP contribution is 2.29. The highest BCUT2D eigenvalue weighted by atomic mass is 35.5. The summed E-state index contributed by atoms with van der Waals surface area (Å²) in [5, 5.41) is 22.2. The van der Waals surface area contributed by atoms with Gasteiger partial charge in [0.25, 0.3) is 5.69 Å². The number of nitro groups is 1. The number of halogens is 1. The molecule has 1 unspecified atom stereocenters. The second-order valence-corrected chi connectivity index (χ2v) is 10.4. The molecule has 0 fully saturated rings. The first-order valence-electron chi connectivity index (χ1n) is 9.77. The van der Waals surface area contributed by atoms with Crippen LogP contribution >= 0.6 is 22.9 Å². The van der Waals surface area contributed by atoms with Gasteiger partial charge in [-0.15, -0.1) is 10.2 Å². The molecule has 1 heterocycles. The highest BCUT2D eigenvalue weighted by Gasteiger charge is 2.30. The number of rotatable bonds is 9. The molecule has 0 spiro atoms. The van der Waals surface area contributed by atoms with Crippen molar-refractivity contribution < 1.29 is 22.9 Å². The van der Waals surface area contributed by atoms with E-state index in [0.29, 0.717) is 10.8 Å². The van der Waals surface area contributed by atoms with E-state index in [1.165, 1.54) is 0 Å². The van der Waals surface area contributed by atoms with E-state index in [1.807, 2.05) is 0 Å². The number of sulfonamides is 1. The van der Waals surface area contributed by atoms with E-state index in [0.717, 1.165) is 35.1 Å². The molecule has 3 aromatic rings. The third kappa shape index (κ3) is 5.86. The standard InChI is InChI=1S/C20H20ClN5O6S2/c1-11(2)17(25-34(30,31)14-8-9-15(21)16(10-14)26(28)29)18(27)22-20-24-23-19(33-20)12-4-6-13(32-3)7-5-12/h4-11,17,25H,1-3H3,(H,22,24,27). The minimum atomic E-state index is -4.28. The van der Waals surface area contributed by atoms with Crippen molar-refractivity contribution in [3.8, 4) is 16.3 Å². The van der Waals surface area contributed by atoms with Crippen molar-refractivity contribution in [2.75, 3.05) is 12.4 Å². The molecule has 0 radical (unpaired) electrons. The van der Waals surface area contributed by atoms with Crippen LogP contribution < -0.4 is 14.8 Å². The van der Waals surface area contributed by atoms with E-state index in [2.05, 4.69) is 20.2 Å². The molecule has 1 atom stereocenters. The van der Waals surface area contributed by atoms with Crippen molar-refractivity contribution in [2.24, 2.45) is 5.92 Å². The van der Waals surface area contributed by atoms with E-state index in [4.69, 9.17) is 16.3 Å². The van der Waals surface area contributed by atoms with Crippen molar-refractivity contribution in [2.45, 2.75) is 24.8 Å². The van der Waals surface area contributed by atoms with E-state index in [-0.39, 0.29) is 15.0 Å². The fraction of sp³-hybridized carbons (Fsp3) is 0.250. The van der Waals surface area contributed by atoms with Gasteiger partial charge in [-0.25, -0.2) is 8.42 Å². The third-order valence-corrected chi connectivity index (χ3v) is 7.29. The van der Waals surface area contributed by atoms with Crippen molar-refractivity contribution in [1.82, 2.24) is 14.9 Å². The van der Waals surface area contributed by atoms with Crippen molar-refractivity contribution >= 4 is 49.7 Å². The van der Waals surface area contributed by atoms with Crippen molar-refractivity contribution in [3.63, 3.8) is 0 Å². The topological polar surface area (TPSA) is 153 Å². The van der Waals surface area contributed by atoms with Crippen LogP contribution in [0.5, 0.6) is 5.75 Å². The number of carbonyl (C=O) groups is 1. The van der Waals surface area contributed by atoms with Gasteiger partial charge >= 0.3 is 0 Å². The molecule has 180 valence electrons. The second kappa shape index (κ2) is 10.4. The van der Waals surface area contributed by atoms with E-state index >= 15 is 0 Å². The largest absolute Gasteiger partial charge is 0.497 e. The summed E-state index contributed by atoms with van der Waals surface area (Å²) >= 11 is 6.88. The summed E-state index contributed by atoms with van der Waals surface area (Å²) in [4.78, 5) is 22.8. The molecule has 11 nitrogen and oxygen atoms in total. The smallest absolute Gasteiger partial charge is 0.289 e. The van der Waals surface area contributed by atoms with Crippen LogP contribution in [0.4, 0.5) is 10.8 Å². The van der Waals surface area contributed by atoms with Gasteiger partial charge in [-0.3, -0.25) is 20.2 Å². The van der Waals surface area contributed by atoms with Gasteiger partial charge < -0.3 is 4.74 Å². The number of nitro benzene ring substituents is 1. The Morgan fingerprint density at radius 1 is 1.18 bits per heavy atom. The number of anilines is 1. The number of methoxy groups -OCH3 is 1. The summed E-state index contributed by atoms with van der Waals surface area (Å²) in [6.45, 7) is 3.31. The highest BCUT2D eigenvalue weighted by molar-refractivity contribution is 7.89. The lowest BCUT2D eigenvalue weighted by Gasteiger charge is -2.21. The number of nitrogens with zero attached hydrogens (tertiary/aromatic N) is 3. The molecular weight excluding hydrogens is 506 g/mol. The Hall–Kier alpha value is -3.13. The predicted molar refractivity (Wildman–Crippen MR) is 128 cm³/mol. The lowest BCUT2D eigenvalue weighted by Crippen LogP contribution is -2.47. The molecule has 0 aliphatic heterocycles. The number of benzene rings is 2. The van der Waals surface area contributed by atoms with E-state index in [1.54, 1.807) is 45.2 Å². The SMILES string of the molecule is COc1ccc(-c2nnc(NC(=O)C(NS(=O)(=O)c3ccc(Cl)c([N+](=O)[O-])c3)C(C)C)s2)cc1. The van der Waals surface area contributed by atoms with Crippen LogP contribution in [0, 0.1) is 16.0 Å². The zero-order valence-corrected chi connectivity index (χ0v) is 20.6. The minimum Gasteiger partial charge on any atom is -0.497 e. The van der Waals surface area contributed by atoms with Gasteiger partial charge in [-0.2, -0.15) is 4.72 Å². The molecule has 0 bridgehead atoms. The van der Waals surface area contributed by atoms with Crippen LogP contribution in [0.15, 0.2) is 47.4 Å². The van der Waals surface area contributed by atoms with Gasteiger partial charge in [0.15, 0.2) is 0 Å². The van der Waals surface area contributed by atoms with Crippen LogP contribution in [0.1, 0.15) is 13.8 Å². The number of ether oxygens (including phenoxy) is 1. The number of amides is 1. The molecule has 3 rings (SSSR count). The van der Waals surface area contributed by atoms with Crippen molar-refractivity contribution in [1.29, 1.82) is 0 Å². The normalized spacial score (nSPS) is 12.4. The number of hydrogen-bond donors (Lipinski definition) is 2. The Bertz CT molecular complexity index is 1310. The maximum absolute atomic E-state index is 12.9. The zero-order chi connectivity index (χ0) is 25.0.